The fourth-order valence-corrected chi connectivity index (χ4v) is 4.77. The van der Waals surface area contributed by atoms with E-state index in [1.165, 1.54) is 53.5 Å². The number of amides is 2. The molecule has 2 aromatic carbocycles. The first-order valence-electron chi connectivity index (χ1n) is 10.3. The first-order chi connectivity index (χ1) is 13.7. The molecule has 1 aliphatic heterocycles. The maximum atomic E-state index is 12.6. The van der Waals surface area contributed by atoms with Gasteiger partial charge in [0, 0.05) is 23.6 Å². The lowest BCUT2D eigenvalue weighted by Gasteiger charge is -2.22. The van der Waals surface area contributed by atoms with Crippen molar-refractivity contribution < 1.29 is 9.59 Å². The summed E-state index contributed by atoms with van der Waals surface area (Å²) in [5.74, 6) is 0.309. The molecule has 4 nitrogen and oxygen atoms in total. The molecular weight excluding hydrogens is 348 g/mol. The smallest absolute Gasteiger partial charge is 0.261 e. The molecule has 4 heteroatoms. The summed E-state index contributed by atoms with van der Waals surface area (Å²) in [7, 11) is 0. The number of fused-ring (bicyclic) bond motifs is 2. The van der Waals surface area contributed by atoms with Crippen molar-refractivity contribution in [2.45, 2.75) is 44.4 Å². The van der Waals surface area contributed by atoms with Crippen molar-refractivity contribution >= 4 is 22.7 Å². The number of hydrogen-bond donors (Lipinski definition) is 1. The molecule has 1 fully saturated rings. The maximum absolute atomic E-state index is 12.6. The Morgan fingerprint density at radius 1 is 0.929 bits per heavy atom. The van der Waals surface area contributed by atoms with Gasteiger partial charge in [-0.25, -0.2) is 0 Å². The molecule has 0 saturated heterocycles. The number of nitrogens with zero attached hydrogens (tertiary/aromatic N) is 1. The number of H-pyrrole nitrogens is 1. The molecule has 2 heterocycles. The summed E-state index contributed by atoms with van der Waals surface area (Å²) < 4.78 is 0. The molecule has 1 aromatic heterocycles. The van der Waals surface area contributed by atoms with Crippen LogP contribution in [0.15, 0.2) is 48.7 Å². The van der Waals surface area contributed by atoms with E-state index in [9.17, 15) is 9.59 Å². The number of benzene rings is 2. The fourth-order valence-electron chi connectivity index (χ4n) is 4.77. The summed E-state index contributed by atoms with van der Waals surface area (Å²) in [6.07, 6.45) is 9.24. The molecule has 2 aliphatic rings. The van der Waals surface area contributed by atoms with Crippen molar-refractivity contribution in [3.63, 3.8) is 0 Å². The van der Waals surface area contributed by atoms with Gasteiger partial charge in [-0.15, -0.1) is 0 Å². The van der Waals surface area contributed by atoms with Gasteiger partial charge in [0.2, 0.25) is 0 Å². The first-order valence-corrected chi connectivity index (χ1v) is 10.3. The molecule has 0 bridgehead atoms. The van der Waals surface area contributed by atoms with Crippen LogP contribution in [-0.4, -0.2) is 28.2 Å². The minimum atomic E-state index is -0.177. The van der Waals surface area contributed by atoms with Gasteiger partial charge in [-0.05, 0) is 60.6 Å². The van der Waals surface area contributed by atoms with Crippen molar-refractivity contribution in [3.05, 3.63) is 70.9 Å². The monoisotopic (exact) mass is 372 g/mol. The number of imide groups is 1. The van der Waals surface area contributed by atoms with Gasteiger partial charge in [0.25, 0.3) is 11.8 Å². The third-order valence-electron chi connectivity index (χ3n) is 6.35. The molecule has 0 unspecified atom stereocenters. The standard InChI is InChI=1S/C24H24N2O2/c27-23-19-8-4-5-9-20(19)24(28)26(23)13-12-18-15-25-22-11-10-17(14-21(18)22)16-6-2-1-3-7-16/h4-5,8-11,14-16,25H,1-3,6-7,12-13H2. The minimum Gasteiger partial charge on any atom is -0.361 e. The van der Waals surface area contributed by atoms with Gasteiger partial charge in [-0.3, -0.25) is 14.5 Å². The van der Waals surface area contributed by atoms with Gasteiger partial charge in [-0.1, -0.05) is 37.5 Å². The van der Waals surface area contributed by atoms with E-state index in [4.69, 9.17) is 0 Å². The van der Waals surface area contributed by atoms with Gasteiger partial charge in [0.05, 0.1) is 11.1 Å². The first kappa shape index (κ1) is 17.2. The van der Waals surface area contributed by atoms with E-state index in [0.29, 0.717) is 30.0 Å². The average Bonchev–Trinajstić information content (AvgIpc) is 3.26. The van der Waals surface area contributed by atoms with Crippen molar-refractivity contribution in [2.24, 2.45) is 0 Å². The van der Waals surface area contributed by atoms with Gasteiger partial charge in [-0.2, -0.15) is 0 Å². The Kier molecular flexibility index (Phi) is 4.27. The average molecular weight is 372 g/mol. The van der Waals surface area contributed by atoms with Gasteiger partial charge >= 0.3 is 0 Å². The summed E-state index contributed by atoms with van der Waals surface area (Å²) in [5, 5.41) is 1.22. The molecule has 3 aromatic rings. The van der Waals surface area contributed by atoms with E-state index in [2.05, 4.69) is 23.2 Å². The number of carbonyl (C=O) groups is 2. The molecule has 5 rings (SSSR count). The van der Waals surface area contributed by atoms with Gasteiger partial charge in [0.1, 0.15) is 0 Å². The van der Waals surface area contributed by atoms with Crippen LogP contribution in [-0.2, 0) is 6.42 Å². The maximum Gasteiger partial charge on any atom is 0.261 e. The summed E-state index contributed by atoms with van der Waals surface area (Å²) >= 11 is 0. The second-order valence-electron chi connectivity index (χ2n) is 8.01. The SMILES string of the molecule is O=C1c2ccccc2C(=O)N1CCc1c[nH]c2ccc(C3CCCCC3)cc12. The molecule has 2 amide bonds. The van der Waals surface area contributed by atoms with Crippen LogP contribution in [0.5, 0.6) is 0 Å². The quantitative estimate of drug-likeness (QED) is 0.651. The predicted molar refractivity (Wildman–Crippen MR) is 110 cm³/mol. The molecule has 1 N–H and O–H groups in total. The van der Waals surface area contributed by atoms with Crippen LogP contribution in [0.2, 0.25) is 0 Å². The summed E-state index contributed by atoms with van der Waals surface area (Å²) in [5.41, 5.74) is 4.76. The van der Waals surface area contributed by atoms with E-state index >= 15 is 0 Å². The third kappa shape index (κ3) is 2.84. The van der Waals surface area contributed by atoms with Crippen molar-refractivity contribution in [1.29, 1.82) is 0 Å². The second-order valence-corrected chi connectivity index (χ2v) is 8.01. The Bertz CT molecular complexity index is 1020. The Morgan fingerprint density at radius 2 is 1.64 bits per heavy atom. The zero-order valence-electron chi connectivity index (χ0n) is 15.9. The normalized spacial score (nSPS) is 17.5. The molecular formula is C24H24N2O2. The van der Waals surface area contributed by atoms with Gasteiger partial charge < -0.3 is 4.98 Å². The van der Waals surface area contributed by atoms with Crippen molar-refractivity contribution in [1.82, 2.24) is 9.88 Å². The zero-order valence-corrected chi connectivity index (χ0v) is 15.9. The Morgan fingerprint density at radius 3 is 2.36 bits per heavy atom. The minimum absolute atomic E-state index is 0.177. The summed E-state index contributed by atoms with van der Waals surface area (Å²) in [6, 6.07) is 13.8. The molecule has 142 valence electrons. The Labute approximate surface area is 164 Å². The predicted octanol–water partition coefficient (Wildman–Crippen LogP) is 5.05. The lowest BCUT2D eigenvalue weighted by atomic mass is 9.83. The number of carbonyl (C=O) groups excluding carboxylic acids is 2. The van der Waals surface area contributed by atoms with Crippen LogP contribution >= 0.6 is 0 Å². The largest absolute Gasteiger partial charge is 0.361 e. The van der Waals surface area contributed by atoms with E-state index < -0.39 is 0 Å². The molecule has 0 spiro atoms. The van der Waals surface area contributed by atoms with E-state index in [1.807, 2.05) is 6.20 Å². The highest BCUT2D eigenvalue weighted by Gasteiger charge is 2.34. The van der Waals surface area contributed by atoms with Crippen LogP contribution in [0.4, 0.5) is 0 Å². The van der Waals surface area contributed by atoms with Crippen LogP contribution in [0.25, 0.3) is 10.9 Å². The van der Waals surface area contributed by atoms with Crippen LogP contribution < -0.4 is 0 Å². The Balaban J connectivity index is 1.37. The van der Waals surface area contributed by atoms with Crippen LogP contribution in [0.3, 0.4) is 0 Å². The topological polar surface area (TPSA) is 53.2 Å². The number of nitrogens with one attached hydrogen (secondary N) is 1. The third-order valence-corrected chi connectivity index (χ3v) is 6.35. The molecule has 1 saturated carbocycles. The number of aromatic nitrogens is 1. The van der Waals surface area contributed by atoms with Crippen molar-refractivity contribution in [2.75, 3.05) is 6.54 Å². The number of hydrogen-bond acceptors (Lipinski definition) is 2. The second kappa shape index (κ2) is 6.93. The lowest BCUT2D eigenvalue weighted by Crippen LogP contribution is -2.31. The van der Waals surface area contributed by atoms with Gasteiger partial charge in [0.15, 0.2) is 0 Å². The summed E-state index contributed by atoms with van der Waals surface area (Å²) in [4.78, 5) is 29.9. The fraction of sp³-hybridized carbons (Fsp3) is 0.333. The molecule has 28 heavy (non-hydrogen) atoms. The highest BCUT2D eigenvalue weighted by molar-refractivity contribution is 6.21. The molecule has 1 aliphatic carbocycles. The number of aromatic amines is 1. The molecule has 0 radical (unpaired) electrons. The lowest BCUT2D eigenvalue weighted by molar-refractivity contribution is 0.0656. The van der Waals surface area contributed by atoms with E-state index in [1.54, 1.807) is 24.3 Å². The summed E-state index contributed by atoms with van der Waals surface area (Å²) in [6.45, 7) is 0.410. The van der Waals surface area contributed by atoms with Crippen LogP contribution in [0.1, 0.15) is 69.9 Å². The van der Waals surface area contributed by atoms with Crippen LogP contribution in [0, 0.1) is 0 Å². The highest BCUT2D eigenvalue weighted by atomic mass is 16.2. The van der Waals surface area contributed by atoms with E-state index in [-0.39, 0.29) is 11.8 Å². The highest BCUT2D eigenvalue weighted by Crippen LogP contribution is 2.34. The zero-order chi connectivity index (χ0) is 19.1. The molecule has 0 atom stereocenters. The Hall–Kier alpha value is -2.88. The van der Waals surface area contributed by atoms with Crippen molar-refractivity contribution in [3.8, 4) is 0 Å². The number of rotatable bonds is 4. The van der Waals surface area contributed by atoms with E-state index in [0.717, 1.165) is 5.52 Å².